The molecule has 1 nitrogen and oxygen atoms in total. The van der Waals surface area contributed by atoms with Crippen molar-refractivity contribution in [3.05, 3.63) is 0 Å². The average molecular weight is 168 g/mol. The molecule has 0 N–H and O–H groups in total. The lowest BCUT2D eigenvalue weighted by atomic mass is 11.6. The summed E-state index contributed by atoms with van der Waals surface area (Å²) in [5.41, 5.74) is 0. The summed E-state index contributed by atoms with van der Waals surface area (Å²) < 4.78 is 4.96. The summed E-state index contributed by atoms with van der Waals surface area (Å²) >= 11 is 2.00. The zero-order valence-electron chi connectivity index (χ0n) is 2.11. The van der Waals surface area contributed by atoms with E-state index < -0.39 is 0 Å². The van der Waals surface area contributed by atoms with Crippen LogP contribution in [0, 0.1) is 0 Å². The van der Waals surface area contributed by atoms with Gasteiger partial charge >= 0.3 is 4.22 Å². The molecular weight excluding hydrogens is 165 g/mol. The average Bonchev–Trinajstić information content (AvgIpc) is 1.37. The normalized spacial score (nSPS) is 4.25. The molecule has 4 heavy (non-hydrogen) atoms. The molecule has 0 unspecified atom stereocenters. The topological polar surface area (TPSA) is 14.1 Å². The van der Waals surface area contributed by atoms with Crippen molar-refractivity contribution in [1.29, 1.82) is 0 Å². The first-order chi connectivity index (χ1) is 1.91. The van der Waals surface area contributed by atoms with Gasteiger partial charge in [-0.2, -0.15) is 0 Å². The van der Waals surface area contributed by atoms with Gasteiger partial charge in [-0.1, -0.05) is 0 Å². The first-order valence-corrected chi connectivity index (χ1v) is 2.04. The van der Waals surface area contributed by atoms with Gasteiger partial charge < -0.3 is 0 Å². The maximum atomic E-state index is 3.35. The highest BCUT2D eigenvalue weighted by molar-refractivity contribution is 14.1. The predicted molar refractivity (Wildman–Crippen MR) is 29.3 cm³/mol. The SMILES string of the molecule is C=[N+]=CI. The molecule has 2 heteroatoms. The summed E-state index contributed by atoms with van der Waals surface area (Å²) in [4.78, 5) is 0. The molecule has 0 atom stereocenters. The quantitative estimate of drug-likeness (QED) is 0.279. The Kier molecular flexibility index (Phi) is 3.32. The Bertz CT molecular complexity index is 44.0. The summed E-state index contributed by atoms with van der Waals surface area (Å²) in [6, 6.07) is 0. The van der Waals surface area contributed by atoms with Gasteiger partial charge in [0.2, 0.25) is 0 Å². The highest BCUT2D eigenvalue weighted by Crippen LogP contribution is 1.54. The van der Waals surface area contributed by atoms with Crippen LogP contribution in [-0.2, 0) is 0 Å². The van der Waals surface area contributed by atoms with E-state index in [1.165, 1.54) is 0 Å². The molecule has 0 bridgehead atoms. The largest absolute Gasteiger partial charge is 0.325 e. The summed E-state index contributed by atoms with van der Waals surface area (Å²) in [6.07, 6.45) is 0. The third-order valence-electron chi connectivity index (χ3n) is 0.0690. The minimum absolute atomic E-state index is 1.61. The van der Waals surface area contributed by atoms with Gasteiger partial charge in [0, 0.05) is 22.6 Å². The van der Waals surface area contributed by atoms with E-state index >= 15 is 0 Å². The Morgan fingerprint density at radius 2 is 2.25 bits per heavy atom. The van der Waals surface area contributed by atoms with Crippen LogP contribution in [0.4, 0.5) is 0 Å². The van der Waals surface area contributed by atoms with Crippen molar-refractivity contribution in [3.8, 4) is 0 Å². The molecule has 0 saturated carbocycles. The van der Waals surface area contributed by atoms with Gasteiger partial charge in [0.25, 0.3) is 6.72 Å². The van der Waals surface area contributed by atoms with Crippen LogP contribution in [-0.4, -0.2) is 10.9 Å². The number of hydrogen-bond donors (Lipinski definition) is 0. The number of hydrogen-bond acceptors (Lipinski definition) is 0. The second kappa shape index (κ2) is 3.18. The molecule has 0 amide bonds. The Balaban J connectivity index is 3.11. The second-order valence-electron chi connectivity index (χ2n) is 0.280. The monoisotopic (exact) mass is 168 g/mol. The highest BCUT2D eigenvalue weighted by atomic mass is 127. The van der Waals surface area contributed by atoms with Crippen molar-refractivity contribution in [2.24, 2.45) is 0 Å². The number of nitrogens with zero attached hydrogens (tertiary/aromatic N) is 1. The lowest BCUT2D eigenvalue weighted by Gasteiger charge is -1.18. The molecule has 0 aliphatic carbocycles. The van der Waals surface area contributed by atoms with Crippen LogP contribution in [0.25, 0.3) is 0 Å². The maximum Gasteiger partial charge on any atom is 0.325 e. The maximum absolute atomic E-state index is 3.35. The van der Waals surface area contributed by atoms with E-state index in [1.807, 2.05) is 22.6 Å². The van der Waals surface area contributed by atoms with Gasteiger partial charge in [-0.3, -0.25) is 0 Å². The molecular formula is C2H3IN+. The lowest BCUT2D eigenvalue weighted by molar-refractivity contribution is 1.82. The summed E-state index contributed by atoms with van der Waals surface area (Å²) in [5, 5.41) is 0. The third kappa shape index (κ3) is 2.18. The fourth-order valence-corrected chi connectivity index (χ4v) is 0. The molecule has 0 aromatic rings. The van der Waals surface area contributed by atoms with E-state index in [0.29, 0.717) is 0 Å². The van der Waals surface area contributed by atoms with E-state index in [4.69, 9.17) is 0 Å². The Morgan fingerprint density at radius 3 is 2.25 bits per heavy atom. The Morgan fingerprint density at radius 1 is 2.00 bits per heavy atom. The molecule has 0 aromatic heterocycles. The van der Waals surface area contributed by atoms with Gasteiger partial charge in [-0.05, 0) is 0 Å². The van der Waals surface area contributed by atoms with E-state index in [-0.39, 0.29) is 0 Å². The lowest BCUT2D eigenvalue weighted by Crippen LogP contribution is -1.51. The summed E-state index contributed by atoms with van der Waals surface area (Å²) in [6.45, 7) is 3.17. The standard InChI is InChI=1S/C2H3IN/c1-4-2-3/h2H,1H2/q+1. The van der Waals surface area contributed by atoms with Crippen molar-refractivity contribution >= 4 is 33.5 Å². The van der Waals surface area contributed by atoms with Crippen LogP contribution in [0.15, 0.2) is 0 Å². The Labute approximate surface area is 38.6 Å². The highest BCUT2D eigenvalue weighted by Gasteiger charge is 1.47. The van der Waals surface area contributed by atoms with Gasteiger partial charge in [-0.25, -0.2) is 0 Å². The van der Waals surface area contributed by atoms with Crippen LogP contribution in [0.3, 0.4) is 0 Å². The first kappa shape index (κ1) is 4.18. The second-order valence-corrected chi connectivity index (χ2v) is 0.837. The fraction of sp³-hybridized carbons (Fsp3) is 0. The van der Waals surface area contributed by atoms with E-state index in [0.717, 1.165) is 0 Å². The molecule has 0 spiro atoms. The predicted octanol–water partition coefficient (Wildman–Crippen LogP) is 0.218. The number of halogens is 1. The summed E-state index contributed by atoms with van der Waals surface area (Å²) in [5.74, 6) is 0. The van der Waals surface area contributed by atoms with Crippen LogP contribution in [0.1, 0.15) is 0 Å². The van der Waals surface area contributed by atoms with E-state index in [1.54, 1.807) is 4.22 Å². The van der Waals surface area contributed by atoms with Crippen LogP contribution < -0.4 is 4.67 Å². The zero-order chi connectivity index (χ0) is 3.41. The van der Waals surface area contributed by atoms with Crippen molar-refractivity contribution in [1.82, 2.24) is 4.67 Å². The fourth-order valence-electron chi connectivity index (χ4n) is 0. The minimum Gasteiger partial charge on any atom is -0.103 e. The summed E-state index contributed by atoms with van der Waals surface area (Å²) in [7, 11) is 0. The van der Waals surface area contributed by atoms with Gasteiger partial charge in [0.05, 0.1) is 0 Å². The molecule has 0 fully saturated rings. The van der Waals surface area contributed by atoms with Crippen molar-refractivity contribution in [3.63, 3.8) is 0 Å². The molecule has 0 heterocycles. The molecule has 0 saturated heterocycles. The van der Waals surface area contributed by atoms with Crippen molar-refractivity contribution in [2.75, 3.05) is 0 Å². The van der Waals surface area contributed by atoms with Gasteiger partial charge in [0.1, 0.15) is 0 Å². The third-order valence-corrected chi connectivity index (χ3v) is 0.463. The molecule has 22 valence electrons. The Hall–Kier alpha value is 0.180. The van der Waals surface area contributed by atoms with Crippen LogP contribution in [0.2, 0.25) is 0 Å². The van der Waals surface area contributed by atoms with Crippen LogP contribution in [0.5, 0.6) is 0 Å². The van der Waals surface area contributed by atoms with E-state index in [9.17, 15) is 0 Å². The minimum atomic E-state index is 1.61. The molecule has 0 aliphatic heterocycles. The molecule has 0 aliphatic rings. The molecule has 0 rings (SSSR count). The molecule has 0 radical (unpaired) electrons. The van der Waals surface area contributed by atoms with Crippen LogP contribution >= 0.6 is 22.6 Å². The molecule has 0 aromatic carbocycles. The number of rotatable bonds is 0. The van der Waals surface area contributed by atoms with Crippen molar-refractivity contribution in [2.45, 2.75) is 0 Å². The van der Waals surface area contributed by atoms with Crippen molar-refractivity contribution < 1.29 is 0 Å². The van der Waals surface area contributed by atoms with Gasteiger partial charge in [-0.15, -0.1) is 4.67 Å². The van der Waals surface area contributed by atoms with Gasteiger partial charge in [0.15, 0.2) is 0 Å². The smallest absolute Gasteiger partial charge is 0.103 e. The first-order valence-electron chi connectivity index (χ1n) is 0.793. The zero-order valence-corrected chi connectivity index (χ0v) is 4.27. The van der Waals surface area contributed by atoms with E-state index in [2.05, 4.69) is 11.4 Å².